The van der Waals surface area contributed by atoms with Gasteiger partial charge in [0.25, 0.3) is 0 Å². The zero-order chi connectivity index (χ0) is 14.5. The third-order valence-electron chi connectivity index (χ3n) is 3.81. The predicted molar refractivity (Wildman–Crippen MR) is 80.0 cm³/mol. The number of thioether (sulfide) groups is 1. The SMILES string of the molecule is CSC1(C#N)CCN(C(C)C(=O)NCC(C)C)CC1. The summed E-state index contributed by atoms with van der Waals surface area (Å²) in [6.45, 7) is 8.50. The molecule has 1 rings (SSSR count). The van der Waals surface area contributed by atoms with Crippen LogP contribution in [0, 0.1) is 17.2 Å². The van der Waals surface area contributed by atoms with E-state index < -0.39 is 0 Å². The Morgan fingerprint density at radius 3 is 2.42 bits per heavy atom. The van der Waals surface area contributed by atoms with Crippen LogP contribution in [0.2, 0.25) is 0 Å². The van der Waals surface area contributed by atoms with Crippen molar-refractivity contribution in [2.75, 3.05) is 25.9 Å². The highest BCUT2D eigenvalue weighted by atomic mass is 32.2. The smallest absolute Gasteiger partial charge is 0.237 e. The van der Waals surface area contributed by atoms with Crippen molar-refractivity contribution in [3.8, 4) is 6.07 Å². The van der Waals surface area contributed by atoms with Gasteiger partial charge in [0.05, 0.1) is 12.1 Å². The lowest BCUT2D eigenvalue weighted by Crippen LogP contribution is -2.51. The van der Waals surface area contributed by atoms with E-state index in [2.05, 4.69) is 30.1 Å². The average molecular weight is 283 g/mol. The second kappa shape index (κ2) is 7.16. The van der Waals surface area contributed by atoms with Crippen molar-refractivity contribution in [1.82, 2.24) is 10.2 Å². The van der Waals surface area contributed by atoms with Gasteiger partial charge in [0, 0.05) is 19.6 Å². The average Bonchev–Trinajstić information content (AvgIpc) is 2.44. The van der Waals surface area contributed by atoms with Gasteiger partial charge in [-0.15, -0.1) is 11.8 Å². The maximum Gasteiger partial charge on any atom is 0.237 e. The number of piperidine rings is 1. The molecule has 5 heteroatoms. The van der Waals surface area contributed by atoms with E-state index in [1.807, 2.05) is 13.2 Å². The van der Waals surface area contributed by atoms with Gasteiger partial charge in [0.15, 0.2) is 0 Å². The summed E-state index contributed by atoms with van der Waals surface area (Å²) in [7, 11) is 0. The summed E-state index contributed by atoms with van der Waals surface area (Å²) in [6, 6.07) is 2.33. The van der Waals surface area contributed by atoms with Gasteiger partial charge in [-0.2, -0.15) is 5.26 Å². The summed E-state index contributed by atoms with van der Waals surface area (Å²) in [6.07, 6.45) is 3.68. The van der Waals surface area contributed by atoms with Gasteiger partial charge < -0.3 is 5.32 Å². The minimum absolute atomic E-state index is 0.0994. The second-order valence-corrected chi connectivity index (χ2v) is 6.85. The highest BCUT2D eigenvalue weighted by molar-refractivity contribution is 8.00. The number of carbonyl (C=O) groups is 1. The number of hydrogen-bond donors (Lipinski definition) is 1. The quantitative estimate of drug-likeness (QED) is 0.837. The molecule has 0 radical (unpaired) electrons. The highest BCUT2D eigenvalue weighted by Crippen LogP contribution is 2.34. The summed E-state index contributed by atoms with van der Waals surface area (Å²) < 4.78 is -0.245. The minimum atomic E-state index is -0.245. The summed E-state index contributed by atoms with van der Waals surface area (Å²) in [5.41, 5.74) is 0. The molecule has 108 valence electrons. The van der Waals surface area contributed by atoms with Crippen molar-refractivity contribution >= 4 is 17.7 Å². The summed E-state index contributed by atoms with van der Waals surface area (Å²) in [4.78, 5) is 14.2. The van der Waals surface area contributed by atoms with Crippen molar-refractivity contribution in [2.24, 2.45) is 5.92 Å². The van der Waals surface area contributed by atoms with Crippen molar-refractivity contribution in [2.45, 2.75) is 44.4 Å². The molecule has 1 unspecified atom stereocenters. The molecule has 1 atom stereocenters. The Labute approximate surface area is 120 Å². The topological polar surface area (TPSA) is 56.1 Å². The molecule has 1 N–H and O–H groups in total. The van der Waals surface area contributed by atoms with Crippen molar-refractivity contribution < 1.29 is 4.79 Å². The molecule has 1 aliphatic heterocycles. The Morgan fingerprint density at radius 2 is 2.00 bits per heavy atom. The van der Waals surface area contributed by atoms with E-state index in [-0.39, 0.29) is 16.7 Å². The molecule has 0 aromatic carbocycles. The largest absolute Gasteiger partial charge is 0.354 e. The van der Waals surface area contributed by atoms with Crippen LogP contribution in [0.15, 0.2) is 0 Å². The molecule has 1 heterocycles. The fourth-order valence-electron chi connectivity index (χ4n) is 2.25. The van der Waals surface area contributed by atoms with Crippen LogP contribution < -0.4 is 5.32 Å². The third-order valence-corrected chi connectivity index (χ3v) is 5.09. The van der Waals surface area contributed by atoms with E-state index in [0.29, 0.717) is 5.92 Å². The van der Waals surface area contributed by atoms with Crippen LogP contribution in [0.4, 0.5) is 0 Å². The van der Waals surface area contributed by atoms with Gasteiger partial charge in [-0.05, 0) is 31.9 Å². The van der Waals surface area contributed by atoms with E-state index in [1.54, 1.807) is 11.8 Å². The lowest BCUT2D eigenvalue weighted by atomic mass is 9.96. The molecule has 1 amide bonds. The fourth-order valence-corrected chi connectivity index (χ4v) is 2.93. The number of carbonyl (C=O) groups excluding carboxylic acids is 1. The first-order valence-corrected chi connectivity index (χ1v) is 8.15. The number of hydrogen-bond acceptors (Lipinski definition) is 4. The Kier molecular flexibility index (Phi) is 6.15. The summed E-state index contributed by atoms with van der Waals surface area (Å²) in [5.74, 6) is 0.572. The second-order valence-electron chi connectivity index (χ2n) is 5.66. The highest BCUT2D eigenvalue weighted by Gasteiger charge is 2.36. The van der Waals surface area contributed by atoms with E-state index in [4.69, 9.17) is 0 Å². The van der Waals surface area contributed by atoms with Crippen molar-refractivity contribution in [3.63, 3.8) is 0 Å². The molecule has 0 spiro atoms. The first-order valence-electron chi connectivity index (χ1n) is 6.92. The maximum absolute atomic E-state index is 12.0. The lowest BCUT2D eigenvalue weighted by molar-refractivity contribution is -0.126. The lowest BCUT2D eigenvalue weighted by Gasteiger charge is -2.38. The van der Waals surface area contributed by atoms with Gasteiger partial charge in [0.1, 0.15) is 4.75 Å². The maximum atomic E-state index is 12.0. The number of rotatable bonds is 5. The Hall–Kier alpha value is -0.730. The predicted octanol–water partition coefficient (Wildman–Crippen LogP) is 1.87. The number of amides is 1. The number of nitrogens with zero attached hydrogens (tertiary/aromatic N) is 2. The standard InChI is InChI=1S/C14H25N3OS/c1-11(2)9-16-13(18)12(3)17-7-5-14(10-15,19-4)6-8-17/h11-12H,5-9H2,1-4H3,(H,16,18). The van der Waals surface area contributed by atoms with Crippen molar-refractivity contribution in [3.05, 3.63) is 0 Å². The third kappa shape index (κ3) is 4.39. The van der Waals surface area contributed by atoms with E-state index in [0.717, 1.165) is 32.5 Å². The zero-order valence-corrected chi connectivity index (χ0v) is 13.2. The molecule has 0 bridgehead atoms. The first kappa shape index (κ1) is 16.3. The van der Waals surface area contributed by atoms with E-state index in [9.17, 15) is 10.1 Å². The Balaban J connectivity index is 2.47. The Bertz CT molecular complexity index is 343. The Morgan fingerprint density at radius 1 is 1.42 bits per heavy atom. The van der Waals surface area contributed by atoms with Gasteiger partial charge in [-0.25, -0.2) is 0 Å². The van der Waals surface area contributed by atoms with Crippen LogP contribution >= 0.6 is 11.8 Å². The molecular weight excluding hydrogens is 258 g/mol. The molecule has 1 aliphatic rings. The van der Waals surface area contributed by atoms with Crippen LogP contribution in [-0.2, 0) is 4.79 Å². The van der Waals surface area contributed by atoms with Gasteiger partial charge >= 0.3 is 0 Å². The van der Waals surface area contributed by atoms with Crippen LogP contribution in [0.25, 0.3) is 0 Å². The molecule has 0 aromatic rings. The molecule has 0 aromatic heterocycles. The molecule has 1 fully saturated rings. The molecule has 1 saturated heterocycles. The molecule has 0 aliphatic carbocycles. The van der Waals surface area contributed by atoms with Gasteiger partial charge in [-0.1, -0.05) is 13.8 Å². The number of nitrogens with one attached hydrogen (secondary N) is 1. The fraction of sp³-hybridized carbons (Fsp3) is 0.857. The van der Waals surface area contributed by atoms with Crippen LogP contribution in [0.5, 0.6) is 0 Å². The number of likely N-dealkylation sites (tertiary alicyclic amines) is 1. The first-order chi connectivity index (χ1) is 8.94. The summed E-state index contributed by atoms with van der Waals surface area (Å²) in [5, 5.41) is 12.2. The van der Waals surface area contributed by atoms with Gasteiger partial charge in [-0.3, -0.25) is 9.69 Å². The molecular formula is C14H25N3OS. The normalized spacial score (nSPS) is 20.8. The molecule has 0 saturated carbocycles. The van der Waals surface area contributed by atoms with Crippen LogP contribution in [0.3, 0.4) is 0 Å². The minimum Gasteiger partial charge on any atom is -0.354 e. The monoisotopic (exact) mass is 283 g/mol. The van der Waals surface area contributed by atoms with Gasteiger partial charge in [0.2, 0.25) is 5.91 Å². The van der Waals surface area contributed by atoms with Crippen LogP contribution in [0.1, 0.15) is 33.6 Å². The van der Waals surface area contributed by atoms with E-state index in [1.165, 1.54) is 0 Å². The summed E-state index contributed by atoms with van der Waals surface area (Å²) >= 11 is 1.64. The van der Waals surface area contributed by atoms with Crippen molar-refractivity contribution in [1.29, 1.82) is 5.26 Å². The molecule has 19 heavy (non-hydrogen) atoms. The zero-order valence-electron chi connectivity index (χ0n) is 12.4. The molecule has 4 nitrogen and oxygen atoms in total. The van der Waals surface area contributed by atoms with E-state index >= 15 is 0 Å². The number of nitriles is 1. The van der Waals surface area contributed by atoms with Crippen LogP contribution in [-0.4, -0.2) is 47.5 Å².